The predicted octanol–water partition coefficient (Wildman–Crippen LogP) is 1.38. The fraction of sp³-hybridized carbons (Fsp3) is 0.500. The molecule has 1 aliphatic rings. The van der Waals surface area contributed by atoms with Gasteiger partial charge in [-0.15, -0.1) is 0 Å². The standard InChI is InChI=1S/C14H20N2O3/c1-9-10(2)19-14(18-9,8-16-11(3)17)12-4-6-13(15)7-5-12/h4-7,9-10H,8,15H2,1-3H3,(H,16,17)/t9-,10-/m1/s1. The zero-order valence-electron chi connectivity index (χ0n) is 11.5. The first-order valence-corrected chi connectivity index (χ1v) is 6.39. The van der Waals surface area contributed by atoms with Gasteiger partial charge in [0, 0.05) is 18.2 Å². The Balaban J connectivity index is 2.29. The molecule has 0 aliphatic carbocycles. The van der Waals surface area contributed by atoms with Crippen molar-refractivity contribution in [3.63, 3.8) is 0 Å². The van der Waals surface area contributed by atoms with Gasteiger partial charge in [-0.25, -0.2) is 0 Å². The van der Waals surface area contributed by atoms with E-state index in [0.717, 1.165) is 5.56 Å². The molecule has 0 aromatic heterocycles. The van der Waals surface area contributed by atoms with Crippen molar-refractivity contribution >= 4 is 11.6 Å². The number of benzene rings is 1. The van der Waals surface area contributed by atoms with E-state index < -0.39 is 5.79 Å². The van der Waals surface area contributed by atoms with E-state index >= 15 is 0 Å². The highest BCUT2D eigenvalue weighted by Gasteiger charge is 2.45. The highest BCUT2D eigenvalue weighted by molar-refractivity contribution is 5.72. The first kappa shape index (κ1) is 13.8. The van der Waals surface area contributed by atoms with Gasteiger partial charge in [0.1, 0.15) is 0 Å². The number of nitrogens with two attached hydrogens (primary N) is 1. The summed E-state index contributed by atoms with van der Waals surface area (Å²) in [5.74, 6) is -1.05. The number of carbonyl (C=O) groups is 1. The fourth-order valence-electron chi connectivity index (χ4n) is 2.12. The third-order valence-corrected chi connectivity index (χ3v) is 3.33. The molecule has 1 aromatic carbocycles. The second-order valence-corrected chi connectivity index (χ2v) is 4.93. The van der Waals surface area contributed by atoms with E-state index in [2.05, 4.69) is 5.32 Å². The van der Waals surface area contributed by atoms with Crippen LogP contribution in [0.3, 0.4) is 0 Å². The zero-order chi connectivity index (χ0) is 14.0. The van der Waals surface area contributed by atoms with Crippen LogP contribution in [-0.4, -0.2) is 24.7 Å². The summed E-state index contributed by atoms with van der Waals surface area (Å²) in [6, 6.07) is 7.32. The van der Waals surface area contributed by atoms with Crippen LogP contribution in [-0.2, 0) is 20.1 Å². The molecule has 1 amide bonds. The van der Waals surface area contributed by atoms with Crippen molar-refractivity contribution in [2.75, 3.05) is 12.3 Å². The summed E-state index contributed by atoms with van der Waals surface area (Å²) in [5, 5.41) is 2.76. The number of amides is 1. The Morgan fingerprint density at radius 3 is 2.26 bits per heavy atom. The molecule has 5 nitrogen and oxygen atoms in total. The molecule has 3 N–H and O–H groups in total. The van der Waals surface area contributed by atoms with Crippen LogP contribution in [0.1, 0.15) is 26.3 Å². The van der Waals surface area contributed by atoms with Crippen molar-refractivity contribution in [3.8, 4) is 0 Å². The van der Waals surface area contributed by atoms with Crippen molar-refractivity contribution in [2.45, 2.75) is 38.8 Å². The van der Waals surface area contributed by atoms with Gasteiger partial charge in [0.05, 0.1) is 18.8 Å². The number of rotatable bonds is 3. The Morgan fingerprint density at radius 2 is 1.79 bits per heavy atom. The number of anilines is 1. The lowest BCUT2D eigenvalue weighted by molar-refractivity contribution is -0.179. The van der Waals surface area contributed by atoms with E-state index in [0.29, 0.717) is 5.69 Å². The van der Waals surface area contributed by atoms with Crippen LogP contribution < -0.4 is 11.1 Å². The first-order valence-electron chi connectivity index (χ1n) is 6.39. The second-order valence-electron chi connectivity index (χ2n) is 4.93. The van der Waals surface area contributed by atoms with Crippen molar-refractivity contribution in [3.05, 3.63) is 29.8 Å². The van der Waals surface area contributed by atoms with E-state index in [-0.39, 0.29) is 24.7 Å². The molecule has 0 unspecified atom stereocenters. The van der Waals surface area contributed by atoms with Crippen molar-refractivity contribution in [2.24, 2.45) is 0 Å². The average Bonchev–Trinajstić information content (AvgIpc) is 2.65. The number of nitrogens with one attached hydrogen (secondary N) is 1. The quantitative estimate of drug-likeness (QED) is 0.809. The topological polar surface area (TPSA) is 73.6 Å². The fourth-order valence-corrected chi connectivity index (χ4v) is 2.12. The normalized spacial score (nSPS) is 25.2. The van der Waals surface area contributed by atoms with Crippen LogP contribution >= 0.6 is 0 Å². The van der Waals surface area contributed by atoms with Gasteiger partial charge < -0.3 is 20.5 Å². The SMILES string of the molecule is CC(=O)NCC1(c2ccc(N)cc2)O[C@H](C)[C@@H](C)O1. The molecule has 0 radical (unpaired) electrons. The van der Waals surface area contributed by atoms with Crippen LogP contribution in [0.4, 0.5) is 5.69 Å². The van der Waals surface area contributed by atoms with Crippen LogP contribution in [0.15, 0.2) is 24.3 Å². The Labute approximate surface area is 113 Å². The molecule has 19 heavy (non-hydrogen) atoms. The monoisotopic (exact) mass is 264 g/mol. The van der Waals surface area contributed by atoms with Crippen LogP contribution in [0.2, 0.25) is 0 Å². The minimum Gasteiger partial charge on any atom is -0.399 e. The van der Waals surface area contributed by atoms with E-state index in [1.165, 1.54) is 6.92 Å². The molecular formula is C14H20N2O3. The second kappa shape index (κ2) is 5.19. The number of hydrogen-bond donors (Lipinski definition) is 2. The minimum absolute atomic E-state index is 0.0358. The lowest BCUT2D eigenvalue weighted by Gasteiger charge is -2.28. The maximum absolute atomic E-state index is 11.1. The number of carbonyl (C=O) groups excluding carboxylic acids is 1. The van der Waals surface area contributed by atoms with Gasteiger partial charge in [-0.3, -0.25) is 4.79 Å². The molecule has 5 heteroatoms. The largest absolute Gasteiger partial charge is 0.399 e. The molecule has 2 atom stereocenters. The molecule has 1 aliphatic heterocycles. The lowest BCUT2D eigenvalue weighted by Crippen LogP contribution is -2.41. The minimum atomic E-state index is -0.932. The first-order chi connectivity index (χ1) is 8.93. The summed E-state index contributed by atoms with van der Waals surface area (Å²) in [4.78, 5) is 11.1. The molecule has 0 saturated carbocycles. The van der Waals surface area contributed by atoms with Gasteiger partial charge in [-0.1, -0.05) is 12.1 Å². The summed E-state index contributed by atoms with van der Waals surface area (Å²) >= 11 is 0. The third-order valence-electron chi connectivity index (χ3n) is 3.33. The summed E-state index contributed by atoms with van der Waals surface area (Å²) in [5.41, 5.74) is 7.23. The van der Waals surface area contributed by atoms with Crippen molar-refractivity contribution in [1.82, 2.24) is 5.32 Å². The van der Waals surface area contributed by atoms with E-state index in [1.807, 2.05) is 26.0 Å². The molecule has 1 aromatic rings. The van der Waals surface area contributed by atoms with Gasteiger partial charge >= 0.3 is 0 Å². The smallest absolute Gasteiger partial charge is 0.217 e. The summed E-state index contributed by atoms with van der Waals surface area (Å²) in [6.07, 6.45) is -0.0716. The molecule has 104 valence electrons. The van der Waals surface area contributed by atoms with Crippen molar-refractivity contribution in [1.29, 1.82) is 0 Å². The summed E-state index contributed by atoms with van der Waals surface area (Å²) in [7, 11) is 0. The molecule has 0 spiro atoms. The van der Waals surface area contributed by atoms with Crippen LogP contribution in [0.25, 0.3) is 0 Å². The maximum Gasteiger partial charge on any atom is 0.217 e. The van der Waals surface area contributed by atoms with Gasteiger partial charge in [0.15, 0.2) is 0 Å². The molecular weight excluding hydrogens is 244 g/mol. The van der Waals surface area contributed by atoms with Gasteiger partial charge in [0.2, 0.25) is 11.7 Å². The average molecular weight is 264 g/mol. The van der Waals surface area contributed by atoms with Gasteiger partial charge in [-0.2, -0.15) is 0 Å². The highest BCUT2D eigenvalue weighted by atomic mass is 16.8. The molecule has 1 heterocycles. The number of hydrogen-bond acceptors (Lipinski definition) is 4. The van der Waals surface area contributed by atoms with E-state index in [9.17, 15) is 4.79 Å². The summed E-state index contributed by atoms with van der Waals surface area (Å²) in [6.45, 7) is 5.66. The number of nitrogen functional groups attached to an aromatic ring is 1. The van der Waals surface area contributed by atoms with E-state index in [4.69, 9.17) is 15.2 Å². The molecule has 2 rings (SSSR count). The zero-order valence-corrected chi connectivity index (χ0v) is 11.5. The lowest BCUT2D eigenvalue weighted by atomic mass is 10.1. The molecule has 1 saturated heterocycles. The Hall–Kier alpha value is -1.59. The van der Waals surface area contributed by atoms with E-state index in [1.54, 1.807) is 12.1 Å². The summed E-state index contributed by atoms with van der Waals surface area (Å²) < 4.78 is 11.9. The maximum atomic E-state index is 11.1. The van der Waals surface area contributed by atoms with Crippen LogP contribution in [0.5, 0.6) is 0 Å². The van der Waals surface area contributed by atoms with Crippen LogP contribution in [0, 0.1) is 0 Å². The third kappa shape index (κ3) is 2.88. The molecule has 0 bridgehead atoms. The Kier molecular flexibility index (Phi) is 3.78. The predicted molar refractivity (Wildman–Crippen MR) is 72.3 cm³/mol. The molecule has 1 fully saturated rings. The number of ether oxygens (including phenoxy) is 2. The Morgan fingerprint density at radius 1 is 1.26 bits per heavy atom. The highest BCUT2D eigenvalue weighted by Crippen LogP contribution is 2.37. The van der Waals surface area contributed by atoms with Gasteiger partial charge in [0.25, 0.3) is 0 Å². The Bertz CT molecular complexity index is 448. The van der Waals surface area contributed by atoms with Gasteiger partial charge in [-0.05, 0) is 26.0 Å². The van der Waals surface area contributed by atoms with Crippen molar-refractivity contribution < 1.29 is 14.3 Å².